The molecule has 0 heterocycles. The molecule has 1 atom stereocenters. The van der Waals surface area contributed by atoms with Crippen molar-refractivity contribution >= 4 is 22.7 Å². The van der Waals surface area contributed by atoms with Crippen LogP contribution in [0.4, 0.5) is 0 Å². The average molecular weight is 159 g/mol. The van der Waals surface area contributed by atoms with Crippen molar-refractivity contribution in [1.82, 2.24) is 0 Å². The number of hydrogen-bond donors (Lipinski definition) is 1. The average Bonchev–Trinajstić information content (AvgIpc) is 1.82. The van der Waals surface area contributed by atoms with Gasteiger partial charge in [-0.1, -0.05) is 11.8 Å². The Kier molecular flexibility index (Phi) is 4.31. The lowest BCUT2D eigenvalue weighted by Crippen LogP contribution is -2.31. The number of carbonyl (C=O) groups excluding carboxylic acids is 2. The predicted octanol–water partition coefficient (Wildman–Crippen LogP) is -0.189. The summed E-state index contributed by atoms with van der Waals surface area (Å²) < 4.78 is 0. The highest BCUT2D eigenvalue weighted by atomic mass is 32.2. The first-order chi connectivity index (χ1) is 4.54. The number of hydrogen-bond acceptors (Lipinski definition) is 4. The lowest BCUT2D eigenvalue weighted by atomic mass is 10.3. The van der Waals surface area contributed by atoms with Crippen LogP contribution >= 0.6 is 11.8 Å². The van der Waals surface area contributed by atoms with E-state index < -0.39 is 6.04 Å². The van der Waals surface area contributed by atoms with Crippen molar-refractivity contribution in [3.05, 3.63) is 13.8 Å². The van der Waals surface area contributed by atoms with Gasteiger partial charge >= 0.3 is 0 Å². The van der Waals surface area contributed by atoms with Crippen LogP contribution < -0.4 is 5.73 Å². The summed E-state index contributed by atoms with van der Waals surface area (Å²) in [6.45, 7) is 6.21. The molecule has 0 spiro atoms. The second kappa shape index (κ2) is 4.46. The van der Waals surface area contributed by atoms with Crippen LogP contribution in [0.2, 0.25) is 0 Å². The molecule has 3 nitrogen and oxygen atoms in total. The van der Waals surface area contributed by atoms with Crippen molar-refractivity contribution in [2.24, 2.45) is 5.73 Å². The highest BCUT2D eigenvalue weighted by Gasteiger charge is 2.08. The Labute approximate surface area is 64.4 Å². The van der Waals surface area contributed by atoms with E-state index in [-0.39, 0.29) is 16.7 Å². The molecule has 0 saturated heterocycles. The van der Waals surface area contributed by atoms with Crippen molar-refractivity contribution in [2.45, 2.75) is 6.04 Å². The molecule has 0 aliphatic carbocycles. The van der Waals surface area contributed by atoms with Gasteiger partial charge in [-0.2, -0.15) is 0 Å². The van der Waals surface area contributed by atoms with Gasteiger partial charge in [0.1, 0.15) is 0 Å². The molecular weight excluding hydrogens is 150 g/mol. The van der Waals surface area contributed by atoms with E-state index in [9.17, 15) is 9.59 Å². The standard InChI is InChI=1S/C6H9NO2S/c1-4(8)6(7)3-10-5(2)9/h6H,1-3,7H2/t6-/m0/s1. The Balaban J connectivity index is 3.49. The third kappa shape index (κ3) is 4.52. The summed E-state index contributed by atoms with van der Waals surface area (Å²) in [4.78, 5) is 20.6. The Bertz CT molecular complexity index is 147. The molecule has 2 N–H and O–H groups in total. The second-order valence-corrected chi connectivity index (χ2v) is 2.83. The van der Waals surface area contributed by atoms with Gasteiger partial charge in [-0.15, -0.1) is 0 Å². The molecule has 4 heteroatoms. The van der Waals surface area contributed by atoms with Crippen LogP contribution in [0, 0.1) is 13.8 Å². The van der Waals surface area contributed by atoms with Crippen LogP contribution in [0.15, 0.2) is 0 Å². The van der Waals surface area contributed by atoms with Crippen molar-refractivity contribution in [1.29, 1.82) is 0 Å². The number of nitrogens with two attached hydrogens (primary N) is 1. The van der Waals surface area contributed by atoms with E-state index >= 15 is 0 Å². The second-order valence-electron chi connectivity index (χ2n) is 1.76. The lowest BCUT2D eigenvalue weighted by molar-refractivity contribution is -0.115. The van der Waals surface area contributed by atoms with E-state index in [1.165, 1.54) is 0 Å². The van der Waals surface area contributed by atoms with Crippen molar-refractivity contribution in [3.8, 4) is 0 Å². The fraction of sp³-hybridized carbons (Fsp3) is 0.333. The topological polar surface area (TPSA) is 60.2 Å². The third-order valence-corrected chi connectivity index (χ3v) is 1.69. The zero-order valence-corrected chi connectivity index (χ0v) is 6.32. The molecule has 10 heavy (non-hydrogen) atoms. The van der Waals surface area contributed by atoms with Crippen LogP contribution in [0.5, 0.6) is 0 Å². The number of Topliss-reactive ketones (excluding diaryl/α,β-unsaturated/α-hetero) is 1. The van der Waals surface area contributed by atoms with Gasteiger partial charge in [0.15, 0.2) is 10.9 Å². The molecule has 0 aromatic heterocycles. The van der Waals surface area contributed by atoms with E-state index in [1.54, 1.807) is 0 Å². The molecular formula is C6H9NO2S. The van der Waals surface area contributed by atoms with Gasteiger partial charge in [0.25, 0.3) is 0 Å². The quantitative estimate of drug-likeness (QED) is 0.620. The Morgan fingerprint density at radius 1 is 1.50 bits per heavy atom. The maximum Gasteiger partial charge on any atom is 0.189 e. The van der Waals surface area contributed by atoms with E-state index in [2.05, 4.69) is 13.8 Å². The summed E-state index contributed by atoms with van der Waals surface area (Å²) in [5.41, 5.74) is 5.25. The minimum absolute atomic E-state index is 0.269. The molecule has 0 aliphatic heterocycles. The maximum absolute atomic E-state index is 10.4. The molecule has 0 bridgehead atoms. The van der Waals surface area contributed by atoms with Gasteiger partial charge in [-0.3, -0.25) is 9.59 Å². The summed E-state index contributed by atoms with van der Waals surface area (Å²) in [5.74, 6) is -0.0845. The summed E-state index contributed by atoms with van der Waals surface area (Å²) in [5, 5.41) is -0.281. The Morgan fingerprint density at radius 2 is 2.00 bits per heavy atom. The Morgan fingerprint density at radius 3 is 2.30 bits per heavy atom. The van der Waals surface area contributed by atoms with E-state index in [4.69, 9.17) is 5.73 Å². The van der Waals surface area contributed by atoms with Crippen LogP contribution in [-0.4, -0.2) is 22.7 Å². The van der Waals surface area contributed by atoms with Crippen molar-refractivity contribution < 1.29 is 9.59 Å². The van der Waals surface area contributed by atoms with Gasteiger partial charge in [-0.05, 0) is 0 Å². The molecule has 0 aromatic carbocycles. The molecule has 0 fully saturated rings. The predicted molar refractivity (Wildman–Crippen MR) is 41.2 cm³/mol. The van der Waals surface area contributed by atoms with Crippen LogP contribution in [-0.2, 0) is 9.59 Å². The number of ketones is 1. The molecule has 2 radical (unpaired) electrons. The fourth-order valence-electron chi connectivity index (χ4n) is 0.276. The number of rotatable bonds is 3. The summed E-state index contributed by atoms with van der Waals surface area (Å²) >= 11 is 0.932. The van der Waals surface area contributed by atoms with Crippen LogP contribution in [0.3, 0.4) is 0 Å². The van der Waals surface area contributed by atoms with Gasteiger partial charge in [-0.25, -0.2) is 0 Å². The zero-order chi connectivity index (χ0) is 8.15. The summed E-state index contributed by atoms with van der Waals surface area (Å²) in [6, 6.07) is -0.643. The summed E-state index contributed by atoms with van der Waals surface area (Å²) in [7, 11) is 0. The van der Waals surface area contributed by atoms with Gasteiger partial charge in [0.05, 0.1) is 6.04 Å². The highest BCUT2D eigenvalue weighted by molar-refractivity contribution is 8.13. The van der Waals surface area contributed by atoms with E-state index in [0.29, 0.717) is 0 Å². The first kappa shape index (κ1) is 9.65. The maximum atomic E-state index is 10.4. The third-order valence-electron chi connectivity index (χ3n) is 0.837. The molecule has 0 saturated carbocycles. The van der Waals surface area contributed by atoms with Crippen molar-refractivity contribution in [3.63, 3.8) is 0 Å². The van der Waals surface area contributed by atoms with Gasteiger partial charge < -0.3 is 5.73 Å². The summed E-state index contributed by atoms with van der Waals surface area (Å²) in [6.07, 6.45) is 0. The van der Waals surface area contributed by atoms with Crippen LogP contribution in [0.1, 0.15) is 0 Å². The molecule has 0 aromatic rings. The molecule has 56 valence electrons. The first-order valence-electron chi connectivity index (χ1n) is 2.64. The van der Waals surface area contributed by atoms with Crippen LogP contribution in [0.25, 0.3) is 0 Å². The molecule has 0 aliphatic rings. The molecule has 0 rings (SSSR count). The van der Waals surface area contributed by atoms with Gasteiger partial charge in [0, 0.05) is 19.6 Å². The largest absolute Gasteiger partial charge is 0.321 e. The SMILES string of the molecule is [CH2]C(=O)SC[C@H](N)C([CH2])=O. The Hall–Kier alpha value is -0.350. The highest BCUT2D eigenvalue weighted by Crippen LogP contribution is 2.01. The van der Waals surface area contributed by atoms with Crippen molar-refractivity contribution in [2.75, 3.05) is 5.75 Å². The normalized spacial score (nSPS) is 12.7. The molecule has 0 amide bonds. The minimum Gasteiger partial charge on any atom is -0.321 e. The molecule has 0 unspecified atom stereocenters. The minimum atomic E-state index is -0.643. The number of thioether (sulfide) groups is 1. The monoisotopic (exact) mass is 159 g/mol. The van der Waals surface area contributed by atoms with E-state index in [1.807, 2.05) is 0 Å². The lowest BCUT2D eigenvalue weighted by Gasteiger charge is -2.03. The smallest absolute Gasteiger partial charge is 0.189 e. The first-order valence-corrected chi connectivity index (χ1v) is 3.62. The zero-order valence-electron chi connectivity index (χ0n) is 5.50. The number of carbonyl (C=O) groups is 2. The van der Waals surface area contributed by atoms with E-state index in [0.717, 1.165) is 11.8 Å². The van der Waals surface area contributed by atoms with Gasteiger partial charge in [0.2, 0.25) is 0 Å². The fourth-order valence-corrected chi connectivity index (χ4v) is 0.827.